The third kappa shape index (κ3) is 4.31. The lowest BCUT2D eigenvalue weighted by Gasteiger charge is -2.19. The maximum absolute atomic E-state index is 14.4. The lowest BCUT2D eigenvalue weighted by molar-refractivity contribution is -0.130. The van der Waals surface area contributed by atoms with Crippen molar-refractivity contribution in [2.24, 2.45) is 0 Å². The molecule has 30 heavy (non-hydrogen) atoms. The number of nitrogens with zero attached hydrogens (tertiary/aromatic N) is 2. The molecule has 1 aliphatic rings. The molecule has 0 radical (unpaired) electrons. The number of amides is 2. The summed E-state index contributed by atoms with van der Waals surface area (Å²) in [6.07, 6.45) is 0.583. The smallest absolute Gasteiger partial charge is 0.235 e. The molecule has 2 atom stereocenters. The first-order chi connectivity index (χ1) is 14.5. The Hall–Kier alpha value is -2.93. The van der Waals surface area contributed by atoms with Gasteiger partial charge in [0.15, 0.2) is 11.5 Å². The highest BCUT2D eigenvalue weighted by Gasteiger charge is 2.38. The van der Waals surface area contributed by atoms with Crippen molar-refractivity contribution in [1.82, 2.24) is 15.2 Å². The fourth-order valence-corrected chi connectivity index (χ4v) is 3.97. The van der Waals surface area contributed by atoms with Crippen LogP contribution in [-0.2, 0) is 16.0 Å². The first-order valence-corrected chi connectivity index (χ1v) is 10.3. The van der Waals surface area contributed by atoms with E-state index in [1.807, 2.05) is 24.3 Å². The Balaban J connectivity index is 1.45. The molecule has 0 aliphatic carbocycles. The highest BCUT2D eigenvalue weighted by Crippen LogP contribution is 2.30. The van der Waals surface area contributed by atoms with E-state index in [2.05, 4.69) is 10.3 Å². The summed E-state index contributed by atoms with van der Waals surface area (Å²) in [4.78, 5) is 30.7. The first-order valence-electron chi connectivity index (χ1n) is 9.77. The van der Waals surface area contributed by atoms with Gasteiger partial charge in [0.1, 0.15) is 17.2 Å². The van der Waals surface area contributed by atoms with Gasteiger partial charge in [-0.15, -0.1) is 11.6 Å². The predicted octanol–water partition coefficient (Wildman–Crippen LogP) is 3.25. The molecule has 156 valence electrons. The van der Waals surface area contributed by atoms with Crippen LogP contribution < -0.4 is 5.32 Å². The number of alkyl halides is 1. The van der Waals surface area contributed by atoms with Crippen LogP contribution in [0, 0.1) is 5.82 Å². The average molecular weight is 430 g/mol. The first kappa shape index (κ1) is 20.3. The summed E-state index contributed by atoms with van der Waals surface area (Å²) < 4.78 is 20.0. The number of likely N-dealkylation sites (tertiary alicyclic amines) is 1. The molecular weight excluding hydrogens is 409 g/mol. The number of benzene rings is 2. The molecule has 8 heteroatoms. The minimum atomic E-state index is -0.401. The minimum absolute atomic E-state index is 0.0961. The van der Waals surface area contributed by atoms with Crippen molar-refractivity contribution in [2.45, 2.75) is 24.8 Å². The van der Waals surface area contributed by atoms with E-state index in [1.54, 1.807) is 23.1 Å². The maximum Gasteiger partial charge on any atom is 0.235 e. The van der Waals surface area contributed by atoms with E-state index in [4.69, 9.17) is 16.0 Å². The van der Waals surface area contributed by atoms with Gasteiger partial charge in [-0.2, -0.15) is 0 Å². The highest BCUT2D eigenvalue weighted by atomic mass is 35.5. The number of fused-ring (bicyclic) bond motifs is 1. The molecule has 0 spiro atoms. The van der Waals surface area contributed by atoms with Crippen molar-refractivity contribution < 1.29 is 18.4 Å². The predicted molar refractivity (Wildman–Crippen MR) is 111 cm³/mol. The number of carbonyl (C=O) groups excluding carboxylic acids is 2. The average Bonchev–Trinajstić information content (AvgIpc) is 3.36. The standard InChI is InChI=1S/C22H21ClFN3O3/c23-11-20(28)25-18-13-27(12-15(18)14-5-1-2-6-16(14)24)22(29)10-9-21-26-17-7-3-4-8-19(17)30-21/h1-8,15,18H,9-13H2,(H,25,28)/t15-,18+/m0/s1. The summed E-state index contributed by atoms with van der Waals surface area (Å²) in [5.41, 5.74) is 1.92. The number of oxazole rings is 1. The van der Waals surface area contributed by atoms with Crippen LogP contribution in [0.5, 0.6) is 0 Å². The molecule has 1 aliphatic heterocycles. The van der Waals surface area contributed by atoms with Crippen molar-refractivity contribution in [1.29, 1.82) is 0 Å². The van der Waals surface area contributed by atoms with Crippen LogP contribution in [0.4, 0.5) is 4.39 Å². The van der Waals surface area contributed by atoms with Crippen LogP contribution in [0.25, 0.3) is 11.1 Å². The number of hydrogen-bond acceptors (Lipinski definition) is 4. The minimum Gasteiger partial charge on any atom is -0.441 e. The lowest BCUT2D eigenvalue weighted by atomic mass is 9.94. The van der Waals surface area contributed by atoms with Crippen LogP contribution in [0.3, 0.4) is 0 Å². The summed E-state index contributed by atoms with van der Waals surface area (Å²) >= 11 is 5.62. The Morgan fingerprint density at radius 3 is 2.70 bits per heavy atom. The van der Waals surface area contributed by atoms with Crippen LogP contribution in [0.1, 0.15) is 23.8 Å². The van der Waals surface area contributed by atoms with Gasteiger partial charge in [0.2, 0.25) is 11.8 Å². The quantitative estimate of drug-likeness (QED) is 0.610. The Kier molecular flexibility index (Phi) is 5.99. The number of aromatic nitrogens is 1. The van der Waals surface area contributed by atoms with Crippen LogP contribution in [-0.4, -0.2) is 46.7 Å². The summed E-state index contributed by atoms with van der Waals surface area (Å²) in [7, 11) is 0. The Bertz CT molecular complexity index is 1040. The Labute approximate surface area is 178 Å². The second-order valence-electron chi connectivity index (χ2n) is 7.31. The largest absolute Gasteiger partial charge is 0.441 e. The molecule has 1 saturated heterocycles. The van der Waals surface area contributed by atoms with E-state index in [0.717, 1.165) is 5.52 Å². The second kappa shape index (κ2) is 8.83. The summed E-state index contributed by atoms with van der Waals surface area (Å²) in [6.45, 7) is 0.620. The van der Waals surface area contributed by atoms with E-state index < -0.39 is 6.04 Å². The second-order valence-corrected chi connectivity index (χ2v) is 7.58. The number of rotatable bonds is 6. The van der Waals surface area contributed by atoms with E-state index in [-0.39, 0.29) is 35.9 Å². The molecule has 0 saturated carbocycles. The number of halogens is 2. The van der Waals surface area contributed by atoms with E-state index in [9.17, 15) is 14.0 Å². The molecule has 2 aromatic carbocycles. The van der Waals surface area contributed by atoms with Gasteiger partial charge in [-0.25, -0.2) is 9.37 Å². The third-order valence-corrected chi connectivity index (χ3v) is 5.58. The van der Waals surface area contributed by atoms with Crippen LogP contribution in [0.2, 0.25) is 0 Å². The highest BCUT2D eigenvalue weighted by molar-refractivity contribution is 6.27. The van der Waals surface area contributed by atoms with Gasteiger partial charge in [0.05, 0.1) is 6.04 Å². The van der Waals surface area contributed by atoms with Crippen molar-refractivity contribution in [2.75, 3.05) is 19.0 Å². The molecule has 2 amide bonds. The molecule has 1 aromatic heterocycles. The number of hydrogen-bond donors (Lipinski definition) is 1. The Morgan fingerprint density at radius 1 is 1.17 bits per heavy atom. The summed E-state index contributed by atoms with van der Waals surface area (Å²) in [5, 5.41) is 2.82. The molecule has 1 N–H and O–H groups in total. The zero-order chi connectivity index (χ0) is 21.1. The van der Waals surface area contributed by atoms with E-state index in [0.29, 0.717) is 36.5 Å². The van der Waals surface area contributed by atoms with Crippen molar-refractivity contribution in [3.8, 4) is 0 Å². The van der Waals surface area contributed by atoms with Crippen molar-refractivity contribution in [3.05, 3.63) is 65.8 Å². The molecule has 0 bridgehead atoms. The number of aryl methyl sites for hydroxylation is 1. The monoisotopic (exact) mass is 429 g/mol. The maximum atomic E-state index is 14.4. The zero-order valence-electron chi connectivity index (χ0n) is 16.2. The number of para-hydroxylation sites is 2. The van der Waals surface area contributed by atoms with Gasteiger partial charge >= 0.3 is 0 Å². The molecule has 3 aromatic rings. The normalized spacial score (nSPS) is 18.7. The summed E-state index contributed by atoms with van der Waals surface area (Å²) in [6, 6.07) is 13.5. The van der Waals surface area contributed by atoms with Gasteiger partial charge in [-0.1, -0.05) is 30.3 Å². The molecule has 6 nitrogen and oxygen atoms in total. The van der Waals surface area contributed by atoms with Gasteiger partial charge < -0.3 is 14.6 Å². The lowest BCUT2D eigenvalue weighted by Crippen LogP contribution is -2.41. The fourth-order valence-electron chi connectivity index (χ4n) is 3.89. The molecule has 1 fully saturated rings. The fraction of sp³-hybridized carbons (Fsp3) is 0.318. The van der Waals surface area contributed by atoms with Crippen molar-refractivity contribution >= 4 is 34.5 Å². The van der Waals surface area contributed by atoms with Gasteiger partial charge in [-0.3, -0.25) is 9.59 Å². The SMILES string of the molecule is O=C(CCl)N[C@@H]1CN(C(=O)CCc2nc3ccccc3o2)C[C@H]1c1ccccc1F. The van der Waals surface area contributed by atoms with Gasteiger partial charge in [0, 0.05) is 31.8 Å². The Morgan fingerprint density at radius 2 is 1.93 bits per heavy atom. The molecule has 4 rings (SSSR count). The van der Waals surface area contributed by atoms with Gasteiger partial charge in [-0.05, 0) is 23.8 Å². The number of nitrogens with one attached hydrogen (secondary N) is 1. The van der Waals surface area contributed by atoms with Crippen LogP contribution >= 0.6 is 11.6 Å². The third-order valence-electron chi connectivity index (χ3n) is 5.34. The zero-order valence-corrected chi connectivity index (χ0v) is 16.9. The van der Waals surface area contributed by atoms with E-state index in [1.165, 1.54) is 6.07 Å². The van der Waals surface area contributed by atoms with Gasteiger partial charge in [0.25, 0.3) is 0 Å². The molecule has 0 unspecified atom stereocenters. The number of carbonyl (C=O) groups is 2. The van der Waals surface area contributed by atoms with E-state index >= 15 is 0 Å². The molecule has 2 heterocycles. The summed E-state index contributed by atoms with van der Waals surface area (Å²) in [5.74, 6) is -0.821. The molecular formula is C22H21ClFN3O3. The topological polar surface area (TPSA) is 75.4 Å². The van der Waals surface area contributed by atoms with Crippen molar-refractivity contribution in [3.63, 3.8) is 0 Å². The van der Waals surface area contributed by atoms with Crippen LogP contribution in [0.15, 0.2) is 52.9 Å².